The average Bonchev–Trinajstić information content (AvgIpc) is 3.34. The predicted molar refractivity (Wildman–Crippen MR) is 106 cm³/mol. The predicted octanol–water partition coefficient (Wildman–Crippen LogP) is 2.63. The standard InChI is InChI=1S/C21H20ClNO7/c1-12(20(23-7-8-28-20)14-3-2-4-15(22)11-14)9-13-5-6-16-17(10-13)30-21(29-16,18(24)25)19(26)27/h2-6,10-12,23H,7-9H2,1H3,(H,24,25)(H,26,27). The monoisotopic (exact) mass is 433 g/mol. The number of hydrogen-bond acceptors (Lipinski definition) is 6. The molecule has 0 radical (unpaired) electrons. The largest absolute Gasteiger partial charge is 0.475 e. The van der Waals surface area contributed by atoms with Crippen LogP contribution in [0.25, 0.3) is 0 Å². The van der Waals surface area contributed by atoms with E-state index in [2.05, 4.69) is 5.32 Å². The number of benzene rings is 2. The number of hydrogen-bond donors (Lipinski definition) is 3. The highest BCUT2D eigenvalue weighted by Crippen LogP contribution is 2.42. The fourth-order valence-electron chi connectivity index (χ4n) is 3.94. The van der Waals surface area contributed by atoms with Crippen LogP contribution in [-0.2, 0) is 26.5 Å². The Bertz CT molecular complexity index is 989. The van der Waals surface area contributed by atoms with Crippen molar-refractivity contribution in [3.63, 3.8) is 0 Å². The molecule has 1 saturated heterocycles. The van der Waals surface area contributed by atoms with Gasteiger partial charge in [-0.2, -0.15) is 0 Å². The lowest BCUT2D eigenvalue weighted by molar-refractivity contribution is -0.194. The second kappa shape index (κ2) is 7.46. The molecule has 3 N–H and O–H groups in total. The van der Waals surface area contributed by atoms with Gasteiger partial charge in [-0.3, -0.25) is 5.32 Å². The maximum Gasteiger partial charge on any atom is 0.453 e. The number of rotatable bonds is 6. The molecule has 0 spiro atoms. The van der Waals surface area contributed by atoms with Gasteiger partial charge in [-0.25, -0.2) is 9.59 Å². The number of carboxylic acid groups (broad SMARTS) is 2. The van der Waals surface area contributed by atoms with Gasteiger partial charge in [0.05, 0.1) is 6.61 Å². The lowest BCUT2D eigenvalue weighted by Gasteiger charge is -2.35. The van der Waals surface area contributed by atoms with Crippen molar-refractivity contribution in [2.45, 2.75) is 24.9 Å². The van der Waals surface area contributed by atoms with Gasteiger partial charge in [0, 0.05) is 23.0 Å². The van der Waals surface area contributed by atoms with E-state index < -0.39 is 23.5 Å². The van der Waals surface area contributed by atoms with Crippen molar-refractivity contribution in [3.8, 4) is 11.5 Å². The fraction of sp³-hybridized carbons (Fsp3) is 0.333. The van der Waals surface area contributed by atoms with Crippen LogP contribution >= 0.6 is 11.6 Å². The van der Waals surface area contributed by atoms with E-state index in [0.29, 0.717) is 24.6 Å². The Morgan fingerprint density at radius 3 is 2.50 bits per heavy atom. The van der Waals surface area contributed by atoms with E-state index in [4.69, 9.17) is 25.8 Å². The van der Waals surface area contributed by atoms with E-state index in [0.717, 1.165) is 11.1 Å². The van der Waals surface area contributed by atoms with Crippen molar-refractivity contribution >= 4 is 23.5 Å². The molecule has 0 aliphatic carbocycles. The van der Waals surface area contributed by atoms with Crippen molar-refractivity contribution in [1.82, 2.24) is 5.32 Å². The maximum atomic E-state index is 11.4. The summed E-state index contributed by atoms with van der Waals surface area (Å²) in [7, 11) is 0. The van der Waals surface area contributed by atoms with E-state index >= 15 is 0 Å². The number of aliphatic carboxylic acids is 2. The van der Waals surface area contributed by atoms with Gasteiger partial charge in [0.1, 0.15) is 5.72 Å². The molecular weight excluding hydrogens is 414 g/mol. The zero-order valence-corrected chi connectivity index (χ0v) is 16.8. The Morgan fingerprint density at radius 1 is 1.13 bits per heavy atom. The van der Waals surface area contributed by atoms with Crippen LogP contribution in [0.3, 0.4) is 0 Å². The van der Waals surface area contributed by atoms with Crippen LogP contribution in [-0.4, -0.2) is 41.1 Å². The molecule has 1 fully saturated rings. The number of ether oxygens (including phenoxy) is 3. The first-order chi connectivity index (χ1) is 14.3. The summed E-state index contributed by atoms with van der Waals surface area (Å²) in [6.45, 7) is 3.28. The third-order valence-electron chi connectivity index (χ3n) is 5.39. The van der Waals surface area contributed by atoms with Gasteiger partial charge in [0.25, 0.3) is 0 Å². The van der Waals surface area contributed by atoms with Crippen LogP contribution < -0.4 is 14.8 Å². The first-order valence-electron chi connectivity index (χ1n) is 9.39. The lowest BCUT2D eigenvalue weighted by Crippen LogP contribution is -2.54. The molecule has 2 aliphatic heterocycles. The third-order valence-corrected chi connectivity index (χ3v) is 5.62. The normalized spacial score (nSPS) is 22.6. The first kappa shape index (κ1) is 20.5. The van der Waals surface area contributed by atoms with E-state index in [-0.39, 0.29) is 17.4 Å². The number of carboxylic acids is 2. The molecule has 2 aliphatic rings. The Balaban J connectivity index is 1.60. The van der Waals surface area contributed by atoms with Gasteiger partial charge in [0.2, 0.25) is 0 Å². The molecule has 2 atom stereocenters. The molecule has 0 bridgehead atoms. The van der Waals surface area contributed by atoms with Crippen molar-refractivity contribution in [1.29, 1.82) is 0 Å². The van der Waals surface area contributed by atoms with Gasteiger partial charge < -0.3 is 24.4 Å². The van der Waals surface area contributed by atoms with Crippen LogP contribution in [0.4, 0.5) is 0 Å². The molecule has 2 aromatic carbocycles. The maximum absolute atomic E-state index is 11.4. The molecule has 2 aromatic rings. The van der Waals surface area contributed by atoms with Crippen molar-refractivity contribution < 1.29 is 34.0 Å². The summed E-state index contributed by atoms with van der Waals surface area (Å²) in [6, 6.07) is 12.3. The first-order valence-corrected chi connectivity index (χ1v) is 9.77. The van der Waals surface area contributed by atoms with Crippen LogP contribution in [0.5, 0.6) is 11.5 Å². The second-order valence-electron chi connectivity index (χ2n) is 7.34. The number of nitrogens with one attached hydrogen (secondary N) is 1. The minimum atomic E-state index is -2.77. The lowest BCUT2D eigenvalue weighted by atomic mass is 9.85. The molecule has 8 nitrogen and oxygen atoms in total. The number of fused-ring (bicyclic) bond motifs is 1. The van der Waals surface area contributed by atoms with Crippen molar-refractivity contribution in [2.75, 3.05) is 13.2 Å². The van der Waals surface area contributed by atoms with E-state index in [1.807, 2.05) is 25.1 Å². The molecule has 9 heteroatoms. The van der Waals surface area contributed by atoms with Crippen LogP contribution in [0, 0.1) is 5.92 Å². The summed E-state index contributed by atoms with van der Waals surface area (Å²) < 4.78 is 16.4. The molecule has 0 aromatic heterocycles. The average molecular weight is 434 g/mol. The van der Waals surface area contributed by atoms with Crippen LogP contribution in [0.15, 0.2) is 42.5 Å². The zero-order valence-electron chi connectivity index (χ0n) is 16.1. The van der Waals surface area contributed by atoms with Gasteiger partial charge in [0.15, 0.2) is 11.5 Å². The van der Waals surface area contributed by atoms with Gasteiger partial charge >= 0.3 is 17.7 Å². The molecule has 0 amide bonds. The third kappa shape index (κ3) is 3.27. The number of halogens is 1. The Labute approximate surface area is 177 Å². The molecule has 158 valence electrons. The molecule has 2 unspecified atom stereocenters. The highest BCUT2D eigenvalue weighted by atomic mass is 35.5. The summed E-state index contributed by atoms with van der Waals surface area (Å²) in [5.41, 5.74) is 0.999. The van der Waals surface area contributed by atoms with Crippen LogP contribution in [0.1, 0.15) is 18.1 Å². The van der Waals surface area contributed by atoms with Crippen molar-refractivity contribution in [2.24, 2.45) is 5.92 Å². The molecular formula is C21H20ClNO7. The molecule has 2 heterocycles. The highest BCUT2D eigenvalue weighted by Gasteiger charge is 2.57. The quantitative estimate of drug-likeness (QED) is 0.596. The highest BCUT2D eigenvalue weighted by molar-refractivity contribution is 6.30. The van der Waals surface area contributed by atoms with Crippen molar-refractivity contribution in [3.05, 3.63) is 58.6 Å². The number of carbonyl (C=O) groups is 2. The summed E-state index contributed by atoms with van der Waals surface area (Å²) in [4.78, 5) is 22.9. The SMILES string of the molecule is CC(Cc1ccc2c(c1)OC(C(=O)O)(C(=O)O)O2)C1(c2cccc(Cl)c2)NCCO1. The van der Waals surface area contributed by atoms with Gasteiger partial charge in [-0.15, -0.1) is 0 Å². The topological polar surface area (TPSA) is 114 Å². The second-order valence-corrected chi connectivity index (χ2v) is 7.77. The summed E-state index contributed by atoms with van der Waals surface area (Å²) in [5.74, 6) is -6.14. The Kier molecular flexibility index (Phi) is 5.09. The van der Waals surface area contributed by atoms with Gasteiger partial charge in [-0.05, 0) is 36.2 Å². The molecule has 4 rings (SSSR count). The minimum absolute atomic E-state index is 0.0393. The Morgan fingerprint density at radius 2 is 1.87 bits per heavy atom. The Hall–Kier alpha value is -2.81. The zero-order chi connectivity index (χ0) is 21.5. The minimum Gasteiger partial charge on any atom is -0.475 e. The summed E-state index contributed by atoms with van der Waals surface area (Å²) in [6.07, 6.45) is 0.545. The summed E-state index contributed by atoms with van der Waals surface area (Å²) >= 11 is 6.18. The molecule has 0 saturated carbocycles. The van der Waals surface area contributed by atoms with E-state index in [9.17, 15) is 19.8 Å². The van der Waals surface area contributed by atoms with Crippen LogP contribution in [0.2, 0.25) is 5.02 Å². The van der Waals surface area contributed by atoms with E-state index in [1.165, 1.54) is 6.07 Å². The van der Waals surface area contributed by atoms with E-state index in [1.54, 1.807) is 18.2 Å². The van der Waals surface area contributed by atoms with Gasteiger partial charge in [-0.1, -0.05) is 36.7 Å². The summed E-state index contributed by atoms with van der Waals surface area (Å²) in [5, 5.41) is 22.6. The smallest absolute Gasteiger partial charge is 0.453 e. The fourth-order valence-corrected chi connectivity index (χ4v) is 4.13. The molecule has 30 heavy (non-hydrogen) atoms.